The number of primary sulfonamides is 1. The number of likely N-dealkylation sites (tertiary alicyclic amines) is 1. The molecule has 5 nitrogen and oxygen atoms in total. The molecule has 0 saturated carbocycles. The fourth-order valence-electron chi connectivity index (χ4n) is 2.94. The van der Waals surface area contributed by atoms with Crippen molar-refractivity contribution in [3.63, 3.8) is 0 Å². The van der Waals surface area contributed by atoms with Crippen LogP contribution in [0.2, 0.25) is 0 Å². The lowest BCUT2D eigenvalue weighted by molar-refractivity contribution is 0.198. The number of hydrogen-bond acceptors (Lipinski definition) is 5. The van der Waals surface area contributed by atoms with E-state index in [0.29, 0.717) is 18.4 Å². The molecule has 7 heteroatoms. The van der Waals surface area contributed by atoms with Gasteiger partial charge in [0.25, 0.3) is 0 Å². The lowest BCUT2D eigenvalue weighted by Crippen LogP contribution is -2.27. The molecular weight excluding hydrogens is 332 g/mol. The summed E-state index contributed by atoms with van der Waals surface area (Å²) < 4.78 is 28.2. The van der Waals surface area contributed by atoms with E-state index in [0.717, 1.165) is 13.1 Å². The Kier molecular flexibility index (Phi) is 5.01. The minimum atomic E-state index is -3.65. The van der Waals surface area contributed by atoms with Gasteiger partial charge in [0.15, 0.2) is 0 Å². The van der Waals surface area contributed by atoms with Crippen LogP contribution in [-0.4, -0.2) is 33.0 Å². The van der Waals surface area contributed by atoms with Crippen molar-refractivity contribution in [1.29, 1.82) is 0 Å². The van der Waals surface area contributed by atoms with Gasteiger partial charge in [-0.1, -0.05) is 0 Å². The van der Waals surface area contributed by atoms with Gasteiger partial charge >= 0.3 is 0 Å². The van der Waals surface area contributed by atoms with Gasteiger partial charge in [0.05, 0.1) is 4.90 Å². The smallest absolute Gasteiger partial charge is 0.238 e. The number of ether oxygens (including phenoxy) is 1. The molecule has 0 amide bonds. The molecule has 0 radical (unpaired) electrons. The highest BCUT2D eigenvalue weighted by Gasteiger charge is 2.25. The van der Waals surface area contributed by atoms with Crippen molar-refractivity contribution in [2.24, 2.45) is 5.14 Å². The SMILES string of the molecule is NS(=O)(=O)c1ccc(OCCN2CCCC2c2ccsc2)cc1. The predicted octanol–water partition coefficient (Wildman–Crippen LogP) is 2.61. The normalized spacial score (nSPS) is 19.1. The molecule has 3 rings (SSSR count). The van der Waals surface area contributed by atoms with Crippen molar-refractivity contribution in [1.82, 2.24) is 4.90 Å². The zero-order chi connectivity index (χ0) is 16.3. The van der Waals surface area contributed by atoms with Crippen LogP contribution in [0.15, 0.2) is 46.0 Å². The Balaban J connectivity index is 1.53. The molecule has 23 heavy (non-hydrogen) atoms. The molecule has 2 heterocycles. The monoisotopic (exact) mass is 352 g/mol. The molecule has 2 N–H and O–H groups in total. The van der Waals surface area contributed by atoms with Gasteiger partial charge in [0.1, 0.15) is 12.4 Å². The Morgan fingerprint density at radius 2 is 2.04 bits per heavy atom. The average molecular weight is 352 g/mol. The van der Waals surface area contributed by atoms with Gasteiger partial charge < -0.3 is 4.74 Å². The molecule has 1 aliphatic rings. The van der Waals surface area contributed by atoms with E-state index in [-0.39, 0.29) is 4.90 Å². The highest BCUT2D eigenvalue weighted by molar-refractivity contribution is 7.89. The average Bonchev–Trinajstić information content (AvgIpc) is 3.17. The Bertz CT molecular complexity index is 727. The molecule has 2 aromatic rings. The fourth-order valence-corrected chi connectivity index (χ4v) is 4.16. The lowest BCUT2D eigenvalue weighted by atomic mass is 10.1. The van der Waals surface area contributed by atoms with Crippen LogP contribution in [0.4, 0.5) is 0 Å². The maximum Gasteiger partial charge on any atom is 0.238 e. The van der Waals surface area contributed by atoms with Crippen LogP contribution in [-0.2, 0) is 10.0 Å². The Labute approximate surface area is 140 Å². The van der Waals surface area contributed by atoms with E-state index in [9.17, 15) is 8.42 Å². The van der Waals surface area contributed by atoms with E-state index >= 15 is 0 Å². The van der Waals surface area contributed by atoms with Crippen molar-refractivity contribution in [3.8, 4) is 5.75 Å². The highest BCUT2D eigenvalue weighted by Crippen LogP contribution is 2.32. The first kappa shape index (κ1) is 16.4. The van der Waals surface area contributed by atoms with E-state index in [1.165, 1.54) is 30.5 Å². The first-order chi connectivity index (χ1) is 11.0. The molecule has 0 bridgehead atoms. The van der Waals surface area contributed by atoms with E-state index in [1.54, 1.807) is 23.5 Å². The first-order valence-electron chi connectivity index (χ1n) is 7.56. The number of nitrogens with two attached hydrogens (primary N) is 1. The van der Waals surface area contributed by atoms with Crippen LogP contribution in [0, 0.1) is 0 Å². The molecule has 1 fully saturated rings. The van der Waals surface area contributed by atoms with Gasteiger partial charge in [-0.25, -0.2) is 13.6 Å². The summed E-state index contributed by atoms with van der Waals surface area (Å²) in [7, 11) is -3.65. The van der Waals surface area contributed by atoms with Crippen molar-refractivity contribution in [3.05, 3.63) is 46.7 Å². The van der Waals surface area contributed by atoms with Crippen molar-refractivity contribution < 1.29 is 13.2 Å². The summed E-state index contributed by atoms with van der Waals surface area (Å²) in [5, 5.41) is 9.42. The summed E-state index contributed by atoms with van der Waals surface area (Å²) in [6.07, 6.45) is 2.41. The molecule has 1 saturated heterocycles. The quantitative estimate of drug-likeness (QED) is 0.867. The number of nitrogens with zero attached hydrogens (tertiary/aromatic N) is 1. The lowest BCUT2D eigenvalue weighted by Gasteiger charge is -2.23. The summed E-state index contributed by atoms with van der Waals surface area (Å²) >= 11 is 1.74. The third-order valence-corrected chi connectivity index (χ3v) is 5.72. The standard InChI is InChI=1S/C16H20N2O3S2/c17-23(19,20)15-5-3-14(4-6-15)21-10-9-18-8-1-2-16(18)13-7-11-22-12-13/h3-7,11-12,16H,1-2,8-10H2,(H2,17,19,20). The molecule has 1 aliphatic heterocycles. The van der Waals surface area contributed by atoms with Gasteiger partial charge in [0.2, 0.25) is 10.0 Å². The molecule has 124 valence electrons. The van der Waals surface area contributed by atoms with Crippen molar-refractivity contribution in [2.75, 3.05) is 19.7 Å². The van der Waals surface area contributed by atoms with Crippen LogP contribution in [0.25, 0.3) is 0 Å². The Morgan fingerprint density at radius 3 is 2.70 bits per heavy atom. The minimum absolute atomic E-state index is 0.0990. The highest BCUT2D eigenvalue weighted by atomic mass is 32.2. The Morgan fingerprint density at radius 1 is 1.26 bits per heavy atom. The number of rotatable bonds is 6. The van der Waals surface area contributed by atoms with Gasteiger partial charge in [0, 0.05) is 12.6 Å². The van der Waals surface area contributed by atoms with Crippen molar-refractivity contribution in [2.45, 2.75) is 23.8 Å². The third-order valence-electron chi connectivity index (χ3n) is 4.09. The molecular formula is C16H20N2O3S2. The van der Waals surface area contributed by atoms with Crippen LogP contribution < -0.4 is 9.88 Å². The molecule has 1 aromatic carbocycles. The van der Waals surface area contributed by atoms with E-state index in [4.69, 9.17) is 9.88 Å². The number of thiophene rings is 1. The summed E-state index contributed by atoms with van der Waals surface area (Å²) in [5.74, 6) is 0.656. The number of sulfonamides is 1. The van der Waals surface area contributed by atoms with Gasteiger partial charge in [-0.15, -0.1) is 0 Å². The summed E-state index contributed by atoms with van der Waals surface area (Å²) in [6.45, 7) is 2.53. The van der Waals surface area contributed by atoms with E-state index in [1.807, 2.05) is 0 Å². The van der Waals surface area contributed by atoms with Crippen LogP contribution in [0.1, 0.15) is 24.4 Å². The maximum atomic E-state index is 11.2. The number of benzene rings is 1. The van der Waals surface area contributed by atoms with Gasteiger partial charge in [-0.3, -0.25) is 4.90 Å². The minimum Gasteiger partial charge on any atom is -0.492 e. The van der Waals surface area contributed by atoms with E-state index in [2.05, 4.69) is 21.7 Å². The van der Waals surface area contributed by atoms with E-state index < -0.39 is 10.0 Å². The molecule has 1 atom stereocenters. The molecule has 0 aliphatic carbocycles. The third kappa shape index (κ3) is 4.11. The van der Waals surface area contributed by atoms with Gasteiger partial charge in [-0.2, -0.15) is 11.3 Å². The summed E-state index contributed by atoms with van der Waals surface area (Å²) in [6, 6.07) is 8.90. The number of hydrogen-bond donors (Lipinski definition) is 1. The molecule has 1 aromatic heterocycles. The topological polar surface area (TPSA) is 72.6 Å². The summed E-state index contributed by atoms with van der Waals surface area (Å²) in [4.78, 5) is 2.54. The van der Waals surface area contributed by atoms with Crippen LogP contribution >= 0.6 is 11.3 Å². The maximum absolute atomic E-state index is 11.2. The predicted molar refractivity (Wildman–Crippen MR) is 91.2 cm³/mol. The molecule has 1 unspecified atom stereocenters. The zero-order valence-corrected chi connectivity index (χ0v) is 14.4. The second-order valence-corrected chi connectivity index (χ2v) is 7.96. The Hall–Kier alpha value is -1.41. The van der Waals surface area contributed by atoms with Crippen LogP contribution in [0.5, 0.6) is 5.75 Å². The zero-order valence-electron chi connectivity index (χ0n) is 12.7. The molecule has 0 spiro atoms. The second kappa shape index (κ2) is 7.00. The second-order valence-electron chi connectivity index (χ2n) is 5.62. The fraction of sp³-hybridized carbons (Fsp3) is 0.375. The first-order valence-corrected chi connectivity index (χ1v) is 10.0. The van der Waals surface area contributed by atoms with Gasteiger partial charge in [-0.05, 0) is 66.0 Å². The van der Waals surface area contributed by atoms with Crippen LogP contribution in [0.3, 0.4) is 0 Å². The van der Waals surface area contributed by atoms with Crippen molar-refractivity contribution >= 4 is 21.4 Å². The summed E-state index contributed by atoms with van der Waals surface area (Å²) in [5.41, 5.74) is 1.39. The largest absolute Gasteiger partial charge is 0.492 e.